The number of hydrogen-bond donors (Lipinski definition) is 1. The Morgan fingerprint density at radius 2 is 2.04 bits per heavy atom. The van der Waals surface area contributed by atoms with Crippen LogP contribution in [0.2, 0.25) is 0 Å². The summed E-state index contributed by atoms with van der Waals surface area (Å²) in [5.41, 5.74) is 3.98. The summed E-state index contributed by atoms with van der Waals surface area (Å²) in [7, 11) is 0. The molecule has 1 N–H and O–H groups in total. The van der Waals surface area contributed by atoms with E-state index in [9.17, 15) is 9.59 Å². The SMILES string of the molecule is Cc1ccc(-c2csc3ncn(CC(=O)Nc4nccs4)c(=O)c23)cc1C. The zero-order valence-corrected chi connectivity index (χ0v) is 16.4. The summed E-state index contributed by atoms with van der Waals surface area (Å²) in [6.07, 6.45) is 3.04. The molecule has 0 aliphatic carbocycles. The summed E-state index contributed by atoms with van der Waals surface area (Å²) in [6, 6.07) is 6.13. The number of aromatic nitrogens is 3. The number of nitrogens with one attached hydrogen (secondary N) is 1. The van der Waals surface area contributed by atoms with E-state index in [2.05, 4.69) is 28.3 Å². The van der Waals surface area contributed by atoms with Gasteiger partial charge in [0.1, 0.15) is 11.4 Å². The molecular formula is C19H16N4O2S2. The molecule has 0 saturated heterocycles. The lowest BCUT2D eigenvalue weighted by Gasteiger charge is -2.07. The molecule has 0 fully saturated rings. The Bertz CT molecular complexity index is 1190. The third-order valence-electron chi connectivity index (χ3n) is 4.37. The van der Waals surface area contributed by atoms with E-state index in [4.69, 9.17) is 0 Å². The standard InChI is InChI=1S/C19H16N4O2S2/c1-11-3-4-13(7-12(11)2)14-9-27-17-16(14)18(25)23(10-21-17)8-15(24)22-19-20-5-6-26-19/h3-7,9-10H,8H2,1-2H3,(H,20,22,24). The lowest BCUT2D eigenvalue weighted by atomic mass is 10.0. The minimum absolute atomic E-state index is 0.108. The van der Waals surface area contributed by atoms with Crippen molar-refractivity contribution >= 4 is 43.9 Å². The smallest absolute Gasteiger partial charge is 0.263 e. The second-order valence-corrected chi connectivity index (χ2v) is 7.94. The van der Waals surface area contributed by atoms with Gasteiger partial charge in [0.05, 0.1) is 11.7 Å². The van der Waals surface area contributed by atoms with Gasteiger partial charge in [-0.25, -0.2) is 9.97 Å². The molecule has 0 atom stereocenters. The van der Waals surface area contributed by atoms with E-state index in [1.165, 1.54) is 44.7 Å². The lowest BCUT2D eigenvalue weighted by Crippen LogP contribution is -2.27. The van der Waals surface area contributed by atoms with Gasteiger partial charge in [0.15, 0.2) is 5.13 Å². The van der Waals surface area contributed by atoms with Crippen molar-refractivity contribution in [1.29, 1.82) is 0 Å². The average molecular weight is 396 g/mol. The van der Waals surface area contributed by atoms with Gasteiger partial charge in [0.25, 0.3) is 5.56 Å². The van der Waals surface area contributed by atoms with Crippen LogP contribution in [0.3, 0.4) is 0 Å². The Kier molecular flexibility index (Phi) is 4.59. The fraction of sp³-hybridized carbons (Fsp3) is 0.158. The van der Waals surface area contributed by atoms with Crippen LogP contribution in [0.15, 0.2) is 46.3 Å². The molecular weight excluding hydrogens is 380 g/mol. The minimum Gasteiger partial charge on any atom is -0.300 e. The molecule has 8 heteroatoms. The summed E-state index contributed by atoms with van der Waals surface area (Å²) >= 11 is 2.76. The summed E-state index contributed by atoms with van der Waals surface area (Å²) in [5.74, 6) is -0.309. The molecule has 6 nitrogen and oxygen atoms in total. The van der Waals surface area contributed by atoms with Crippen molar-refractivity contribution in [2.75, 3.05) is 5.32 Å². The summed E-state index contributed by atoms with van der Waals surface area (Å²) in [4.78, 5) is 34.3. The van der Waals surface area contributed by atoms with Gasteiger partial charge in [-0.3, -0.25) is 14.2 Å². The molecule has 0 saturated carbocycles. The third kappa shape index (κ3) is 3.41. The number of fused-ring (bicyclic) bond motifs is 1. The van der Waals surface area contributed by atoms with Crippen molar-refractivity contribution in [3.63, 3.8) is 0 Å². The third-order valence-corrected chi connectivity index (χ3v) is 5.95. The number of amides is 1. The van der Waals surface area contributed by atoms with Crippen molar-refractivity contribution in [2.24, 2.45) is 0 Å². The van der Waals surface area contributed by atoms with E-state index in [0.717, 1.165) is 11.1 Å². The molecule has 3 heterocycles. The molecule has 1 aromatic carbocycles. The van der Waals surface area contributed by atoms with Gasteiger partial charge in [-0.15, -0.1) is 22.7 Å². The molecule has 4 rings (SSSR count). The molecule has 136 valence electrons. The van der Waals surface area contributed by atoms with E-state index in [0.29, 0.717) is 15.3 Å². The van der Waals surface area contributed by atoms with Crippen LogP contribution in [0.4, 0.5) is 5.13 Å². The van der Waals surface area contributed by atoms with Crippen LogP contribution in [-0.4, -0.2) is 20.4 Å². The van der Waals surface area contributed by atoms with Crippen molar-refractivity contribution in [1.82, 2.24) is 14.5 Å². The fourth-order valence-corrected chi connectivity index (χ4v) is 4.25. The second-order valence-electron chi connectivity index (χ2n) is 6.19. The Morgan fingerprint density at radius 3 is 2.78 bits per heavy atom. The van der Waals surface area contributed by atoms with Gasteiger partial charge in [-0.05, 0) is 30.5 Å². The molecule has 0 aliphatic rings. The van der Waals surface area contributed by atoms with Gasteiger partial charge in [0, 0.05) is 22.5 Å². The highest BCUT2D eigenvalue weighted by Gasteiger charge is 2.15. The zero-order chi connectivity index (χ0) is 19.0. The molecule has 0 radical (unpaired) electrons. The van der Waals surface area contributed by atoms with Gasteiger partial charge in [0.2, 0.25) is 5.91 Å². The summed E-state index contributed by atoms with van der Waals surface area (Å²) in [6.45, 7) is 4.00. The van der Waals surface area contributed by atoms with Crippen molar-refractivity contribution < 1.29 is 4.79 Å². The summed E-state index contributed by atoms with van der Waals surface area (Å²) < 4.78 is 1.34. The van der Waals surface area contributed by atoms with Crippen LogP contribution in [-0.2, 0) is 11.3 Å². The van der Waals surface area contributed by atoms with Crippen LogP contribution in [0, 0.1) is 13.8 Å². The zero-order valence-electron chi connectivity index (χ0n) is 14.7. The van der Waals surface area contributed by atoms with Crippen LogP contribution >= 0.6 is 22.7 Å². The van der Waals surface area contributed by atoms with Crippen LogP contribution in [0.25, 0.3) is 21.3 Å². The number of benzene rings is 1. The quantitative estimate of drug-likeness (QED) is 0.569. The number of hydrogen-bond acceptors (Lipinski definition) is 6. The molecule has 0 bridgehead atoms. The maximum Gasteiger partial charge on any atom is 0.263 e. The Morgan fingerprint density at radius 1 is 1.19 bits per heavy atom. The van der Waals surface area contributed by atoms with E-state index in [-0.39, 0.29) is 18.0 Å². The predicted octanol–water partition coefficient (Wildman–Crippen LogP) is 3.84. The first-order valence-electron chi connectivity index (χ1n) is 8.26. The average Bonchev–Trinajstić information content (AvgIpc) is 3.30. The number of aryl methyl sites for hydroxylation is 2. The van der Waals surface area contributed by atoms with E-state index >= 15 is 0 Å². The highest BCUT2D eigenvalue weighted by molar-refractivity contribution is 7.17. The van der Waals surface area contributed by atoms with Crippen LogP contribution in [0.1, 0.15) is 11.1 Å². The Labute approximate surface area is 163 Å². The first kappa shape index (κ1) is 17.6. The number of carbonyl (C=O) groups excluding carboxylic acids is 1. The monoisotopic (exact) mass is 396 g/mol. The Hall–Kier alpha value is -2.84. The van der Waals surface area contributed by atoms with Gasteiger partial charge < -0.3 is 5.32 Å². The number of carbonyl (C=O) groups is 1. The van der Waals surface area contributed by atoms with E-state index in [1.807, 2.05) is 24.4 Å². The molecule has 3 aromatic heterocycles. The fourth-order valence-electron chi connectivity index (χ4n) is 2.80. The molecule has 4 aromatic rings. The highest BCUT2D eigenvalue weighted by Crippen LogP contribution is 2.31. The van der Waals surface area contributed by atoms with E-state index < -0.39 is 0 Å². The minimum atomic E-state index is -0.309. The molecule has 0 unspecified atom stereocenters. The Balaban J connectivity index is 1.72. The number of rotatable bonds is 4. The van der Waals surface area contributed by atoms with Crippen LogP contribution in [0.5, 0.6) is 0 Å². The van der Waals surface area contributed by atoms with Gasteiger partial charge in [-0.2, -0.15) is 0 Å². The number of thiophene rings is 1. The van der Waals surface area contributed by atoms with Crippen molar-refractivity contribution in [3.8, 4) is 11.1 Å². The molecule has 27 heavy (non-hydrogen) atoms. The number of anilines is 1. The summed E-state index contributed by atoms with van der Waals surface area (Å²) in [5, 5.41) is 7.46. The highest BCUT2D eigenvalue weighted by atomic mass is 32.1. The maximum absolute atomic E-state index is 13.0. The number of nitrogens with zero attached hydrogens (tertiary/aromatic N) is 3. The topological polar surface area (TPSA) is 76.9 Å². The first-order valence-corrected chi connectivity index (χ1v) is 10.0. The van der Waals surface area contributed by atoms with Crippen molar-refractivity contribution in [3.05, 3.63) is 63.0 Å². The van der Waals surface area contributed by atoms with Crippen LogP contribution < -0.4 is 10.9 Å². The predicted molar refractivity (Wildman–Crippen MR) is 110 cm³/mol. The molecule has 1 amide bonds. The maximum atomic E-state index is 13.0. The normalized spacial score (nSPS) is 11.0. The molecule has 0 aliphatic heterocycles. The van der Waals surface area contributed by atoms with E-state index in [1.54, 1.807) is 11.6 Å². The first-order chi connectivity index (χ1) is 13.0. The largest absolute Gasteiger partial charge is 0.300 e. The lowest BCUT2D eigenvalue weighted by molar-refractivity contribution is -0.116. The van der Waals surface area contributed by atoms with Gasteiger partial charge in [-0.1, -0.05) is 18.2 Å². The van der Waals surface area contributed by atoms with Gasteiger partial charge >= 0.3 is 0 Å². The second kappa shape index (κ2) is 7.05. The number of thiazole rings is 1. The molecule has 0 spiro atoms. The van der Waals surface area contributed by atoms with Crippen molar-refractivity contribution in [2.45, 2.75) is 20.4 Å².